The maximum absolute atomic E-state index is 11.7. The van der Waals surface area contributed by atoms with E-state index in [1.54, 1.807) is 21.0 Å². The van der Waals surface area contributed by atoms with E-state index >= 15 is 0 Å². The lowest BCUT2D eigenvalue weighted by atomic mass is 9.94. The van der Waals surface area contributed by atoms with Crippen LogP contribution in [0.15, 0.2) is 24.3 Å². The Morgan fingerprint density at radius 3 is 2.35 bits per heavy atom. The molecule has 1 amide bonds. The number of carboxylic acids is 1. The quantitative estimate of drug-likeness (QED) is 0.798. The van der Waals surface area contributed by atoms with Crippen molar-refractivity contribution in [1.29, 1.82) is 0 Å². The minimum absolute atomic E-state index is 0.129. The molecule has 0 heterocycles. The second kappa shape index (κ2) is 6.93. The Labute approximate surface area is 118 Å². The molecular weight excluding hydrogens is 258 g/mol. The molecule has 0 spiro atoms. The van der Waals surface area contributed by atoms with Gasteiger partial charge in [0.25, 0.3) is 0 Å². The van der Waals surface area contributed by atoms with Gasteiger partial charge >= 0.3 is 5.97 Å². The predicted octanol–water partition coefficient (Wildman–Crippen LogP) is 1.85. The van der Waals surface area contributed by atoms with E-state index < -0.39 is 11.4 Å². The van der Waals surface area contributed by atoms with Gasteiger partial charge in [0, 0.05) is 13.0 Å². The monoisotopic (exact) mass is 279 g/mol. The Hall–Kier alpha value is -2.04. The van der Waals surface area contributed by atoms with Crippen molar-refractivity contribution in [2.24, 2.45) is 5.41 Å². The Morgan fingerprint density at radius 1 is 1.25 bits per heavy atom. The average molecular weight is 279 g/mol. The molecule has 0 radical (unpaired) electrons. The zero-order chi connectivity index (χ0) is 15.2. The third kappa shape index (κ3) is 4.91. The Balaban J connectivity index is 2.38. The van der Waals surface area contributed by atoms with E-state index in [1.165, 1.54) is 0 Å². The maximum atomic E-state index is 11.7. The van der Waals surface area contributed by atoms with Gasteiger partial charge in [-0.15, -0.1) is 0 Å². The van der Waals surface area contributed by atoms with Crippen molar-refractivity contribution in [3.05, 3.63) is 29.8 Å². The van der Waals surface area contributed by atoms with Crippen molar-refractivity contribution >= 4 is 11.9 Å². The van der Waals surface area contributed by atoms with Crippen LogP contribution >= 0.6 is 0 Å². The van der Waals surface area contributed by atoms with Crippen LogP contribution in [0.1, 0.15) is 25.8 Å². The normalized spacial score (nSPS) is 10.9. The molecule has 0 aliphatic heterocycles. The summed E-state index contributed by atoms with van der Waals surface area (Å²) in [6.45, 7) is 3.29. The van der Waals surface area contributed by atoms with Gasteiger partial charge in [0.2, 0.25) is 5.91 Å². The summed E-state index contributed by atoms with van der Waals surface area (Å²) in [4.78, 5) is 22.6. The largest absolute Gasteiger partial charge is 0.497 e. The third-order valence-electron chi connectivity index (χ3n) is 3.11. The van der Waals surface area contributed by atoms with Gasteiger partial charge in [0.15, 0.2) is 0 Å². The van der Waals surface area contributed by atoms with E-state index in [9.17, 15) is 9.59 Å². The van der Waals surface area contributed by atoms with Gasteiger partial charge in [-0.2, -0.15) is 0 Å². The summed E-state index contributed by atoms with van der Waals surface area (Å²) in [6, 6.07) is 7.52. The first-order valence-corrected chi connectivity index (χ1v) is 6.48. The number of nitrogens with one attached hydrogen (secondary N) is 1. The summed E-state index contributed by atoms with van der Waals surface area (Å²) in [5.74, 6) is -0.287. The second-order valence-electron chi connectivity index (χ2n) is 5.31. The summed E-state index contributed by atoms with van der Waals surface area (Å²) in [6.07, 6.45) is 0.950. The highest BCUT2D eigenvalue weighted by Crippen LogP contribution is 2.14. The number of carboxylic acid groups (broad SMARTS) is 1. The van der Waals surface area contributed by atoms with Gasteiger partial charge in [0.05, 0.1) is 12.5 Å². The van der Waals surface area contributed by atoms with Gasteiger partial charge in [-0.3, -0.25) is 9.59 Å². The molecule has 1 aromatic carbocycles. The van der Waals surface area contributed by atoms with E-state index in [0.717, 1.165) is 11.3 Å². The number of amides is 1. The average Bonchev–Trinajstić information content (AvgIpc) is 2.43. The first-order valence-electron chi connectivity index (χ1n) is 6.48. The van der Waals surface area contributed by atoms with Crippen LogP contribution in [0.4, 0.5) is 0 Å². The van der Waals surface area contributed by atoms with Crippen LogP contribution in [-0.4, -0.2) is 30.6 Å². The fraction of sp³-hybridized carbons (Fsp3) is 0.467. The van der Waals surface area contributed by atoms with E-state index in [0.29, 0.717) is 12.8 Å². The molecule has 5 nitrogen and oxygen atoms in total. The molecule has 0 saturated heterocycles. The fourth-order valence-corrected chi connectivity index (χ4v) is 1.53. The number of carbonyl (C=O) groups is 2. The minimum atomic E-state index is -0.949. The summed E-state index contributed by atoms with van der Waals surface area (Å²) in [5, 5.41) is 11.6. The van der Waals surface area contributed by atoms with Crippen molar-refractivity contribution in [3.63, 3.8) is 0 Å². The molecular formula is C15H21NO4. The van der Waals surface area contributed by atoms with E-state index in [-0.39, 0.29) is 12.5 Å². The third-order valence-corrected chi connectivity index (χ3v) is 3.11. The summed E-state index contributed by atoms with van der Waals surface area (Å²) in [7, 11) is 1.60. The molecule has 0 atom stereocenters. The van der Waals surface area contributed by atoms with Crippen LogP contribution in [0.3, 0.4) is 0 Å². The lowest BCUT2D eigenvalue weighted by Gasteiger charge is -2.19. The van der Waals surface area contributed by atoms with Crippen molar-refractivity contribution in [3.8, 4) is 5.75 Å². The topological polar surface area (TPSA) is 75.6 Å². The number of carbonyl (C=O) groups excluding carboxylic acids is 1. The number of ether oxygens (including phenoxy) is 1. The Morgan fingerprint density at radius 2 is 1.85 bits per heavy atom. The molecule has 1 aromatic rings. The number of aryl methyl sites for hydroxylation is 1. The molecule has 0 aliphatic rings. The molecule has 0 saturated carbocycles. The Kier molecular flexibility index (Phi) is 5.55. The molecule has 0 aromatic heterocycles. The number of rotatable bonds is 7. The highest BCUT2D eigenvalue weighted by atomic mass is 16.5. The SMILES string of the molecule is COc1ccc(CCC(=O)NCC(C)(C)C(=O)O)cc1. The highest BCUT2D eigenvalue weighted by Gasteiger charge is 2.27. The fourth-order valence-electron chi connectivity index (χ4n) is 1.53. The highest BCUT2D eigenvalue weighted by molar-refractivity contribution is 5.78. The van der Waals surface area contributed by atoms with Crippen LogP contribution < -0.4 is 10.1 Å². The number of benzene rings is 1. The maximum Gasteiger partial charge on any atom is 0.310 e. The zero-order valence-corrected chi connectivity index (χ0v) is 12.1. The second-order valence-corrected chi connectivity index (χ2v) is 5.31. The van der Waals surface area contributed by atoms with E-state index in [2.05, 4.69) is 5.32 Å². The van der Waals surface area contributed by atoms with Crippen LogP contribution in [0.2, 0.25) is 0 Å². The molecule has 0 aliphatic carbocycles. The van der Waals surface area contributed by atoms with Crippen molar-refractivity contribution in [1.82, 2.24) is 5.32 Å². The van der Waals surface area contributed by atoms with Crippen LogP contribution in [0.25, 0.3) is 0 Å². The standard InChI is InChI=1S/C15H21NO4/c1-15(2,14(18)19)10-16-13(17)9-6-11-4-7-12(20-3)8-5-11/h4-5,7-8H,6,9-10H2,1-3H3,(H,16,17)(H,18,19). The van der Waals surface area contributed by atoms with Crippen molar-refractivity contribution in [2.75, 3.05) is 13.7 Å². The smallest absolute Gasteiger partial charge is 0.310 e. The van der Waals surface area contributed by atoms with E-state index in [1.807, 2.05) is 24.3 Å². The molecule has 5 heteroatoms. The van der Waals surface area contributed by atoms with Gasteiger partial charge < -0.3 is 15.2 Å². The summed E-state index contributed by atoms with van der Waals surface area (Å²) >= 11 is 0. The van der Waals surface area contributed by atoms with E-state index in [4.69, 9.17) is 9.84 Å². The molecule has 0 bridgehead atoms. The summed E-state index contributed by atoms with van der Waals surface area (Å²) in [5.41, 5.74) is 0.0916. The molecule has 2 N–H and O–H groups in total. The van der Waals surface area contributed by atoms with Gasteiger partial charge in [-0.25, -0.2) is 0 Å². The van der Waals surface area contributed by atoms with Gasteiger partial charge in [-0.1, -0.05) is 12.1 Å². The minimum Gasteiger partial charge on any atom is -0.497 e. The molecule has 110 valence electrons. The zero-order valence-electron chi connectivity index (χ0n) is 12.1. The first kappa shape index (κ1) is 16.0. The van der Waals surface area contributed by atoms with Gasteiger partial charge in [-0.05, 0) is 38.0 Å². The van der Waals surface area contributed by atoms with Crippen LogP contribution in [0, 0.1) is 5.41 Å². The molecule has 1 rings (SSSR count). The van der Waals surface area contributed by atoms with Crippen LogP contribution in [-0.2, 0) is 16.0 Å². The van der Waals surface area contributed by atoms with Crippen molar-refractivity contribution < 1.29 is 19.4 Å². The molecule has 0 unspecified atom stereocenters. The number of methoxy groups -OCH3 is 1. The van der Waals surface area contributed by atoms with Gasteiger partial charge in [0.1, 0.15) is 5.75 Å². The number of hydrogen-bond donors (Lipinski definition) is 2. The number of aliphatic carboxylic acids is 1. The Bertz CT molecular complexity index is 465. The first-order chi connectivity index (χ1) is 9.35. The lowest BCUT2D eigenvalue weighted by Crippen LogP contribution is -2.38. The van der Waals surface area contributed by atoms with Crippen molar-refractivity contribution in [2.45, 2.75) is 26.7 Å². The van der Waals surface area contributed by atoms with Crippen LogP contribution in [0.5, 0.6) is 5.75 Å². The molecule has 0 fully saturated rings. The summed E-state index contributed by atoms with van der Waals surface area (Å²) < 4.78 is 5.06. The lowest BCUT2D eigenvalue weighted by molar-refractivity contribution is -0.146. The number of hydrogen-bond acceptors (Lipinski definition) is 3. The molecule has 20 heavy (non-hydrogen) atoms. The predicted molar refractivity (Wildman–Crippen MR) is 75.7 cm³/mol.